The largest absolute Gasteiger partial charge is 0.490 e. The van der Waals surface area contributed by atoms with Crippen molar-refractivity contribution in [2.45, 2.75) is 76.5 Å². The average Bonchev–Trinajstić information content (AvgIpc) is 2.78. The third-order valence-electron chi connectivity index (χ3n) is 6.82. The molecule has 2 nitrogen and oxygen atoms in total. The SMILES string of the molecule is C=CC1CCC(COc2ccc(C3CCC(CCC=CC)OC3)c(C(F)(F)F)c2F)CC1. The van der Waals surface area contributed by atoms with Gasteiger partial charge in [0.15, 0.2) is 11.6 Å². The van der Waals surface area contributed by atoms with E-state index in [1.54, 1.807) is 0 Å². The summed E-state index contributed by atoms with van der Waals surface area (Å²) in [7, 11) is 0. The Labute approximate surface area is 188 Å². The standard InChI is InChI=1S/C26H34F4O2/c1-3-5-6-7-21-13-12-20(17-31-21)22-14-15-23(25(27)24(22)26(28,29)30)32-16-19-10-8-18(4-2)9-11-19/h3-5,14-15,18-21H,2,6-13,16-17H2,1H3. The monoisotopic (exact) mass is 454 g/mol. The zero-order valence-corrected chi connectivity index (χ0v) is 18.8. The van der Waals surface area contributed by atoms with Crippen LogP contribution in [0.5, 0.6) is 5.75 Å². The molecule has 6 heteroatoms. The fraction of sp³-hybridized carbons (Fsp3) is 0.615. The minimum atomic E-state index is -4.79. The molecule has 1 saturated heterocycles. The summed E-state index contributed by atoms with van der Waals surface area (Å²) in [6, 6.07) is 2.73. The molecule has 0 spiro atoms. The lowest BCUT2D eigenvalue weighted by atomic mass is 9.82. The number of hydrogen-bond donors (Lipinski definition) is 0. The maximum Gasteiger partial charge on any atom is 0.419 e. The van der Waals surface area contributed by atoms with Crippen molar-refractivity contribution in [1.29, 1.82) is 0 Å². The third-order valence-corrected chi connectivity index (χ3v) is 6.82. The van der Waals surface area contributed by atoms with Crippen molar-refractivity contribution in [2.24, 2.45) is 11.8 Å². The van der Waals surface area contributed by atoms with Crippen LogP contribution >= 0.6 is 0 Å². The predicted molar refractivity (Wildman–Crippen MR) is 118 cm³/mol. The molecule has 1 aromatic rings. The van der Waals surface area contributed by atoms with Crippen LogP contribution in [0, 0.1) is 17.7 Å². The Hall–Kier alpha value is -1.82. The second-order valence-electron chi connectivity index (χ2n) is 9.04. The van der Waals surface area contributed by atoms with Gasteiger partial charge in [-0.2, -0.15) is 13.2 Å². The van der Waals surface area contributed by atoms with E-state index >= 15 is 4.39 Å². The minimum Gasteiger partial charge on any atom is -0.490 e. The molecular weight excluding hydrogens is 420 g/mol. The van der Waals surface area contributed by atoms with Gasteiger partial charge in [0, 0.05) is 5.92 Å². The Morgan fingerprint density at radius 3 is 2.47 bits per heavy atom. The molecular formula is C26H34F4O2. The van der Waals surface area contributed by atoms with Gasteiger partial charge in [0.25, 0.3) is 0 Å². The predicted octanol–water partition coefficient (Wildman–Crippen LogP) is 7.83. The van der Waals surface area contributed by atoms with E-state index in [2.05, 4.69) is 12.7 Å². The fourth-order valence-corrected chi connectivity index (χ4v) is 4.84. The molecule has 1 saturated carbocycles. The van der Waals surface area contributed by atoms with Crippen molar-refractivity contribution in [1.82, 2.24) is 0 Å². The van der Waals surface area contributed by atoms with E-state index in [9.17, 15) is 13.2 Å². The zero-order valence-electron chi connectivity index (χ0n) is 18.8. The van der Waals surface area contributed by atoms with Gasteiger partial charge in [-0.15, -0.1) is 6.58 Å². The molecule has 0 radical (unpaired) electrons. The zero-order chi connectivity index (χ0) is 23.1. The maximum atomic E-state index is 15.0. The van der Waals surface area contributed by atoms with E-state index < -0.39 is 23.5 Å². The maximum absolute atomic E-state index is 15.0. The number of hydrogen-bond acceptors (Lipinski definition) is 2. The van der Waals surface area contributed by atoms with Gasteiger partial charge < -0.3 is 9.47 Å². The Balaban J connectivity index is 1.68. The number of rotatable bonds is 8. The highest BCUT2D eigenvalue weighted by Crippen LogP contribution is 2.43. The quantitative estimate of drug-likeness (QED) is 0.294. The highest BCUT2D eigenvalue weighted by Gasteiger charge is 2.41. The third kappa shape index (κ3) is 6.37. The first kappa shape index (κ1) is 24.8. The van der Waals surface area contributed by atoms with Crippen LogP contribution in [0.1, 0.15) is 75.3 Å². The molecule has 1 aliphatic carbocycles. The number of benzene rings is 1. The molecule has 0 amide bonds. The molecule has 2 atom stereocenters. The number of ether oxygens (including phenoxy) is 2. The Bertz CT molecular complexity index is 771. The second kappa shape index (κ2) is 11.4. The summed E-state index contributed by atoms with van der Waals surface area (Å²) >= 11 is 0. The number of halogens is 4. The lowest BCUT2D eigenvalue weighted by Gasteiger charge is -2.31. The second-order valence-corrected chi connectivity index (χ2v) is 9.04. The van der Waals surface area contributed by atoms with Gasteiger partial charge in [0.2, 0.25) is 0 Å². The summed E-state index contributed by atoms with van der Waals surface area (Å²) < 4.78 is 67.9. The lowest BCUT2D eigenvalue weighted by Crippen LogP contribution is -2.27. The summed E-state index contributed by atoms with van der Waals surface area (Å²) in [5.74, 6) is -1.37. The van der Waals surface area contributed by atoms with Gasteiger partial charge in [-0.25, -0.2) is 4.39 Å². The van der Waals surface area contributed by atoms with Crippen LogP contribution in [0.2, 0.25) is 0 Å². The van der Waals surface area contributed by atoms with Crippen LogP contribution in [0.25, 0.3) is 0 Å². The highest BCUT2D eigenvalue weighted by atomic mass is 19.4. The Morgan fingerprint density at radius 2 is 1.88 bits per heavy atom. The fourth-order valence-electron chi connectivity index (χ4n) is 4.84. The molecule has 3 rings (SSSR count). The van der Waals surface area contributed by atoms with Crippen molar-refractivity contribution in [3.8, 4) is 5.75 Å². The Kier molecular flexibility index (Phi) is 8.80. The van der Waals surface area contributed by atoms with Gasteiger partial charge in [-0.3, -0.25) is 0 Å². The van der Waals surface area contributed by atoms with Gasteiger partial charge in [0.05, 0.1) is 24.9 Å². The van der Waals surface area contributed by atoms with Crippen molar-refractivity contribution < 1.29 is 27.0 Å². The van der Waals surface area contributed by atoms with Crippen LogP contribution in [0.4, 0.5) is 17.6 Å². The molecule has 1 heterocycles. The van der Waals surface area contributed by atoms with E-state index in [1.165, 1.54) is 12.1 Å². The molecule has 1 aromatic carbocycles. The highest BCUT2D eigenvalue weighted by molar-refractivity contribution is 5.41. The average molecular weight is 455 g/mol. The normalized spacial score (nSPS) is 26.9. The van der Waals surface area contributed by atoms with Crippen molar-refractivity contribution in [2.75, 3.05) is 13.2 Å². The number of alkyl halides is 3. The first-order valence-electron chi connectivity index (χ1n) is 11.7. The van der Waals surface area contributed by atoms with Crippen LogP contribution < -0.4 is 4.74 Å². The van der Waals surface area contributed by atoms with Crippen molar-refractivity contribution in [3.05, 3.63) is 53.9 Å². The van der Waals surface area contributed by atoms with Gasteiger partial charge in [-0.05, 0) is 81.8 Å². The van der Waals surface area contributed by atoms with E-state index in [1.807, 2.05) is 19.1 Å². The van der Waals surface area contributed by atoms with E-state index in [4.69, 9.17) is 9.47 Å². The van der Waals surface area contributed by atoms with Crippen LogP contribution in [-0.2, 0) is 10.9 Å². The lowest BCUT2D eigenvalue weighted by molar-refractivity contribution is -0.141. The summed E-state index contributed by atoms with van der Waals surface area (Å²) in [6.07, 6.45) is 7.99. The van der Waals surface area contributed by atoms with Gasteiger partial charge >= 0.3 is 6.18 Å². The number of allylic oxidation sites excluding steroid dienone is 3. The first-order valence-corrected chi connectivity index (χ1v) is 11.7. The summed E-state index contributed by atoms with van der Waals surface area (Å²) in [5, 5.41) is 0. The van der Waals surface area contributed by atoms with Crippen molar-refractivity contribution >= 4 is 0 Å². The van der Waals surface area contributed by atoms with Gasteiger partial charge in [0.1, 0.15) is 0 Å². The molecule has 0 N–H and O–H groups in total. The molecule has 2 fully saturated rings. The molecule has 2 unspecified atom stereocenters. The van der Waals surface area contributed by atoms with E-state index in [0.717, 1.165) is 38.5 Å². The summed E-state index contributed by atoms with van der Waals surface area (Å²) in [5.41, 5.74) is -1.23. The Morgan fingerprint density at radius 1 is 1.12 bits per heavy atom. The molecule has 178 valence electrons. The smallest absolute Gasteiger partial charge is 0.419 e. The molecule has 32 heavy (non-hydrogen) atoms. The molecule has 0 aromatic heterocycles. The van der Waals surface area contributed by atoms with Crippen molar-refractivity contribution in [3.63, 3.8) is 0 Å². The molecule has 1 aliphatic heterocycles. The van der Waals surface area contributed by atoms with Gasteiger partial charge in [-0.1, -0.05) is 24.3 Å². The van der Waals surface area contributed by atoms with Crippen LogP contribution in [0.15, 0.2) is 36.9 Å². The first-order chi connectivity index (χ1) is 15.3. The minimum absolute atomic E-state index is 0.0271. The van der Waals surface area contributed by atoms with Crippen LogP contribution in [-0.4, -0.2) is 19.3 Å². The molecule has 0 bridgehead atoms. The van der Waals surface area contributed by atoms with E-state index in [0.29, 0.717) is 18.8 Å². The van der Waals surface area contributed by atoms with E-state index in [-0.39, 0.29) is 36.5 Å². The van der Waals surface area contributed by atoms with Crippen LogP contribution in [0.3, 0.4) is 0 Å². The summed E-state index contributed by atoms with van der Waals surface area (Å²) in [4.78, 5) is 0. The molecule has 2 aliphatic rings. The summed E-state index contributed by atoms with van der Waals surface area (Å²) in [6.45, 7) is 6.18. The topological polar surface area (TPSA) is 18.5 Å².